The molecule has 0 bridgehead atoms. The van der Waals surface area contributed by atoms with Crippen molar-refractivity contribution in [2.24, 2.45) is 0 Å². The molecule has 0 aliphatic rings. The Balaban J connectivity index is 2.23. The first-order valence-corrected chi connectivity index (χ1v) is 7.00. The lowest BCUT2D eigenvalue weighted by Gasteiger charge is -2.05. The van der Waals surface area contributed by atoms with Gasteiger partial charge in [0.1, 0.15) is 5.01 Å². The molecule has 2 aromatic rings. The number of hydrogen-bond acceptors (Lipinski definition) is 3. The molecule has 3 nitrogen and oxygen atoms in total. The Morgan fingerprint density at radius 1 is 1.32 bits per heavy atom. The van der Waals surface area contributed by atoms with Crippen molar-refractivity contribution in [3.05, 3.63) is 50.5 Å². The van der Waals surface area contributed by atoms with Crippen LogP contribution in [0.15, 0.2) is 18.2 Å². The maximum atomic E-state index is 10.7. The second kappa shape index (κ2) is 5.53. The first-order valence-electron chi connectivity index (χ1n) is 6.19. The molecule has 100 valence electrons. The Morgan fingerprint density at radius 2 is 2.05 bits per heavy atom. The molecule has 19 heavy (non-hydrogen) atoms. The molecular formula is C15H17NO2S. The van der Waals surface area contributed by atoms with Gasteiger partial charge in [0.2, 0.25) is 0 Å². The molecular weight excluding hydrogens is 258 g/mol. The predicted octanol–water partition coefficient (Wildman–Crippen LogP) is 3.29. The third-order valence-electron chi connectivity index (χ3n) is 3.09. The Kier molecular flexibility index (Phi) is 4.00. The highest BCUT2D eigenvalue weighted by atomic mass is 32.1. The van der Waals surface area contributed by atoms with Crippen molar-refractivity contribution < 1.29 is 9.90 Å². The molecule has 0 radical (unpaired) electrons. The van der Waals surface area contributed by atoms with E-state index in [1.165, 1.54) is 28.0 Å². The van der Waals surface area contributed by atoms with Crippen LogP contribution in [0.4, 0.5) is 0 Å². The topological polar surface area (TPSA) is 50.2 Å². The Morgan fingerprint density at radius 3 is 2.68 bits per heavy atom. The van der Waals surface area contributed by atoms with Crippen molar-refractivity contribution >= 4 is 17.3 Å². The van der Waals surface area contributed by atoms with Gasteiger partial charge in [-0.15, -0.1) is 11.3 Å². The number of nitrogens with zero attached hydrogens (tertiary/aromatic N) is 1. The van der Waals surface area contributed by atoms with E-state index < -0.39 is 5.97 Å². The van der Waals surface area contributed by atoms with E-state index in [-0.39, 0.29) is 6.42 Å². The van der Waals surface area contributed by atoms with Crippen LogP contribution in [0.2, 0.25) is 0 Å². The van der Waals surface area contributed by atoms with Gasteiger partial charge in [0, 0.05) is 11.3 Å². The number of rotatable bonds is 4. The summed E-state index contributed by atoms with van der Waals surface area (Å²) in [6, 6.07) is 6.42. The first-order chi connectivity index (χ1) is 8.95. The average Bonchev–Trinajstić information content (AvgIpc) is 2.62. The molecule has 0 atom stereocenters. The highest BCUT2D eigenvalue weighted by Crippen LogP contribution is 2.23. The highest BCUT2D eigenvalue weighted by molar-refractivity contribution is 7.11. The molecule has 0 saturated carbocycles. The molecule has 1 heterocycles. The van der Waals surface area contributed by atoms with Crippen molar-refractivity contribution in [2.75, 3.05) is 0 Å². The largest absolute Gasteiger partial charge is 0.481 e. The van der Waals surface area contributed by atoms with Gasteiger partial charge in [0.15, 0.2) is 0 Å². The number of carboxylic acid groups (broad SMARTS) is 1. The number of benzene rings is 1. The summed E-state index contributed by atoms with van der Waals surface area (Å²) in [5.41, 5.74) is 4.75. The van der Waals surface area contributed by atoms with Crippen LogP contribution in [0.1, 0.15) is 32.3 Å². The van der Waals surface area contributed by atoms with Gasteiger partial charge in [-0.05, 0) is 31.9 Å². The van der Waals surface area contributed by atoms with Gasteiger partial charge in [-0.2, -0.15) is 0 Å². The predicted molar refractivity (Wildman–Crippen MR) is 76.9 cm³/mol. The van der Waals surface area contributed by atoms with Crippen LogP contribution >= 0.6 is 11.3 Å². The summed E-state index contributed by atoms with van der Waals surface area (Å²) in [5.74, 6) is -0.827. The van der Waals surface area contributed by atoms with Crippen LogP contribution in [0.5, 0.6) is 0 Å². The molecule has 0 spiro atoms. The number of hydrogen-bond donors (Lipinski definition) is 1. The van der Waals surface area contributed by atoms with Crippen molar-refractivity contribution in [3.63, 3.8) is 0 Å². The number of carboxylic acids is 1. The fraction of sp³-hybridized carbons (Fsp3) is 0.333. The van der Waals surface area contributed by atoms with Gasteiger partial charge >= 0.3 is 5.97 Å². The molecule has 0 unspecified atom stereocenters. The zero-order valence-corrected chi connectivity index (χ0v) is 12.2. The monoisotopic (exact) mass is 275 g/mol. The van der Waals surface area contributed by atoms with Crippen LogP contribution in [-0.4, -0.2) is 16.1 Å². The smallest absolute Gasteiger partial charge is 0.310 e. The molecule has 0 aliphatic carbocycles. The fourth-order valence-electron chi connectivity index (χ4n) is 2.07. The summed E-state index contributed by atoms with van der Waals surface area (Å²) in [5, 5.41) is 9.48. The van der Waals surface area contributed by atoms with Gasteiger partial charge in [-0.1, -0.05) is 23.8 Å². The first kappa shape index (κ1) is 13.7. The summed E-state index contributed by atoms with van der Waals surface area (Å²) in [6.07, 6.45) is 0.841. The van der Waals surface area contributed by atoms with Crippen LogP contribution in [0.25, 0.3) is 0 Å². The van der Waals surface area contributed by atoms with Gasteiger partial charge in [-0.25, -0.2) is 4.98 Å². The van der Waals surface area contributed by atoms with E-state index >= 15 is 0 Å². The minimum atomic E-state index is -0.827. The quantitative estimate of drug-likeness (QED) is 0.931. The molecule has 0 amide bonds. The number of aryl methyl sites for hydroxylation is 3. The van der Waals surface area contributed by atoms with Crippen LogP contribution in [-0.2, 0) is 17.6 Å². The summed E-state index contributed by atoms with van der Waals surface area (Å²) < 4.78 is 0. The maximum Gasteiger partial charge on any atom is 0.310 e. The van der Waals surface area contributed by atoms with Crippen LogP contribution in [0, 0.1) is 20.8 Å². The van der Waals surface area contributed by atoms with Crippen molar-refractivity contribution in [1.29, 1.82) is 0 Å². The fourth-order valence-corrected chi connectivity index (χ4v) is 3.16. The van der Waals surface area contributed by atoms with E-state index in [1.807, 2.05) is 6.92 Å². The molecule has 1 aromatic carbocycles. The number of thiazole rings is 1. The molecule has 1 aromatic heterocycles. The summed E-state index contributed by atoms with van der Waals surface area (Å²) in [7, 11) is 0. The van der Waals surface area contributed by atoms with E-state index in [1.54, 1.807) is 0 Å². The van der Waals surface area contributed by atoms with E-state index in [0.717, 1.165) is 17.0 Å². The lowest BCUT2D eigenvalue weighted by molar-refractivity contribution is -0.136. The second-order valence-corrected chi connectivity index (χ2v) is 5.96. The normalized spacial score (nSPS) is 10.7. The van der Waals surface area contributed by atoms with Gasteiger partial charge in [0.05, 0.1) is 12.1 Å². The van der Waals surface area contributed by atoms with E-state index in [4.69, 9.17) is 5.11 Å². The van der Waals surface area contributed by atoms with E-state index in [0.29, 0.717) is 5.01 Å². The third-order valence-corrected chi connectivity index (χ3v) is 4.25. The third kappa shape index (κ3) is 3.41. The van der Waals surface area contributed by atoms with Gasteiger partial charge in [-0.3, -0.25) is 4.79 Å². The molecule has 0 saturated heterocycles. The molecule has 0 fully saturated rings. The number of carbonyl (C=O) groups is 1. The lowest BCUT2D eigenvalue weighted by atomic mass is 10.0. The summed E-state index contributed by atoms with van der Waals surface area (Å²) in [6.45, 7) is 6.14. The van der Waals surface area contributed by atoms with Gasteiger partial charge in [0.25, 0.3) is 0 Å². The number of aliphatic carboxylic acids is 1. The van der Waals surface area contributed by atoms with E-state index in [2.05, 4.69) is 37.0 Å². The second-order valence-electron chi connectivity index (χ2n) is 4.79. The minimum Gasteiger partial charge on any atom is -0.481 e. The highest BCUT2D eigenvalue weighted by Gasteiger charge is 2.11. The van der Waals surface area contributed by atoms with Gasteiger partial charge < -0.3 is 5.11 Å². The summed E-state index contributed by atoms with van der Waals surface area (Å²) in [4.78, 5) is 16.2. The Bertz CT molecular complexity index is 617. The van der Waals surface area contributed by atoms with Crippen LogP contribution < -0.4 is 0 Å². The van der Waals surface area contributed by atoms with E-state index in [9.17, 15) is 4.79 Å². The van der Waals surface area contributed by atoms with Crippen LogP contribution in [0.3, 0.4) is 0 Å². The van der Waals surface area contributed by atoms with Crippen molar-refractivity contribution in [2.45, 2.75) is 33.6 Å². The standard InChI is InChI=1S/C15H17NO2S/c1-9-4-5-12(10(2)6-9)7-13-11(3)16-14(19-13)8-15(17)18/h4-6H,7-8H2,1-3H3,(H,17,18). The molecule has 2 rings (SSSR count). The SMILES string of the molecule is Cc1ccc(Cc2sc(CC(=O)O)nc2C)c(C)c1. The molecule has 0 aliphatic heterocycles. The Hall–Kier alpha value is -1.68. The molecule has 4 heteroatoms. The average molecular weight is 275 g/mol. The molecule has 1 N–H and O–H groups in total. The summed E-state index contributed by atoms with van der Waals surface area (Å²) >= 11 is 1.50. The minimum absolute atomic E-state index is 0.0123. The van der Waals surface area contributed by atoms with Crippen molar-refractivity contribution in [1.82, 2.24) is 4.98 Å². The van der Waals surface area contributed by atoms with Crippen molar-refractivity contribution in [3.8, 4) is 0 Å². The number of aromatic nitrogens is 1. The Labute approximate surface area is 116 Å². The zero-order valence-electron chi connectivity index (χ0n) is 11.4. The zero-order chi connectivity index (χ0) is 14.0. The lowest BCUT2D eigenvalue weighted by Crippen LogP contribution is -1.98. The maximum absolute atomic E-state index is 10.7.